The lowest BCUT2D eigenvalue weighted by Gasteiger charge is -2.15. The number of aliphatic hydroxyl groups is 1. The Kier molecular flexibility index (Phi) is 9.22. The van der Waals surface area contributed by atoms with Gasteiger partial charge in [0.15, 0.2) is 11.5 Å². The van der Waals surface area contributed by atoms with Crippen LogP contribution in [0.15, 0.2) is 40.9 Å². The zero-order chi connectivity index (χ0) is 18.8. The van der Waals surface area contributed by atoms with Gasteiger partial charge in [0.2, 0.25) is 0 Å². The molecule has 7 heteroatoms. The van der Waals surface area contributed by atoms with E-state index < -0.39 is 0 Å². The largest absolute Gasteiger partial charge is 0.493 e. The Hall–Kier alpha value is -1.31. The lowest BCUT2D eigenvalue weighted by atomic mass is 10.2. The van der Waals surface area contributed by atoms with E-state index in [0.717, 1.165) is 15.6 Å². The van der Waals surface area contributed by atoms with Crippen LogP contribution in [0.2, 0.25) is 5.02 Å². The maximum absolute atomic E-state index is 8.67. The molecule has 2 aromatic rings. The van der Waals surface area contributed by atoms with Crippen LogP contribution in [0.3, 0.4) is 0 Å². The van der Waals surface area contributed by atoms with Crippen molar-refractivity contribution in [1.29, 1.82) is 0 Å². The van der Waals surface area contributed by atoms with Crippen LogP contribution in [0, 0.1) is 0 Å². The number of ether oxygens (including phenoxy) is 3. The fourth-order valence-electron chi connectivity index (χ4n) is 2.29. The number of halogens is 2. The van der Waals surface area contributed by atoms with Crippen molar-refractivity contribution in [1.82, 2.24) is 5.32 Å². The van der Waals surface area contributed by atoms with Gasteiger partial charge < -0.3 is 24.6 Å². The Labute approximate surface area is 167 Å². The highest BCUT2D eigenvalue weighted by molar-refractivity contribution is 9.10. The fourth-order valence-corrected chi connectivity index (χ4v) is 2.94. The van der Waals surface area contributed by atoms with E-state index in [1.807, 2.05) is 36.4 Å². The minimum absolute atomic E-state index is 0.0401. The molecule has 0 amide bonds. The van der Waals surface area contributed by atoms with E-state index in [2.05, 4.69) is 21.2 Å². The third-order valence-electron chi connectivity index (χ3n) is 3.65. The molecule has 0 atom stereocenters. The van der Waals surface area contributed by atoms with Crippen molar-refractivity contribution in [2.45, 2.75) is 13.2 Å². The summed E-state index contributed by atoms with van der Waals surface area (Å²) in [7, 11) is 1.62. The molecule has 0 aliphatic heterocycles. The Morgan fingerprint density at radius 3 is 2.65 bits per heavy atom. The van der Waals surface area contributed by atoms with Gasteiger partial charge in [0.05, 0.1) is 26.9 Å². The lowest BCUT2D eigenvalue weighted by molar-refractivity contribution is 0.0938. The van der Waals surface area contributed by atoms with Gasteiger partial charge in [0.25, 0.3) is 0 Å². The second-order valence-corrected chi connectivity index (χ2v) is 6.75. The van der Waals surface area contributed by atoms with Gasteiger partial charge in [-0.3, -0.25) is 0 Å². The molecule has 0 spiro atoms. The minimum Gasteiger partial charge on any atom is -0.493 e. The van der Waals surface area contributed by atoms with E-state index in [9.17, 15) is 0 Å². The summed E-state index contributed by atoms with van der Waals surface area (Å²) in [5.41, 5.74) is 1.97. The van der Waals surface area contributed by atoms with E-state index in [1.54, 1.807) is 7.11 Å². The number of rotatable bonds is 11. The lowest BCUT2D eigenvalue weighted by Crippen LogP contribution is -2.20. The molecule has 0 aromatic heterocycles. The van der Waals surface area contributed by atoms with Gasteiger partial charge in [0.1, 0.15) is 6.61 Å². The summed E-state index contributed by atoms with van der Waals surface area (Å²) in [5, 5.41) is 12.6. The highest BCUT2D eigenvalue weighted by Crippen LogP contribution is 2.34. The summed E-state index contributed by atoms with van der Waals surface area (Å²) in [5.74, 6) is 1.31. The van der Waals surface area contributed by atoms with Gasteiger partial charge in [-0.15, -0.1) is 0 Å². The Balaban J connectivity index is 1.96. The van der Waals surface area contributed by atoms with Crippen LogP contribution in [0.5, 0.6) is 11.5 Å². The predicted molar refractivity (Wildman–Crippen MR) is 106 cm³/mol. The highest BCUT2D eigenvalue weighted by Gasteiger charge is 2.11. The van der Waals surface area contributed by atoms with Crippen LogP contribution in [0.1, 0.15) is 11.1 Å². The summed E-state index contributed by atoms with van der Waals surface area (Å²) in [6.45, 7) is 2.66. The van der Waals surface area contributed by atoms with E-state index in [4.69, 9.17) is 30.9 Å². The summed E-state index contributed by atoms with van der Waals surface area (Å²) in [6.07, 6.45) is 0. The zero-order valence-electron chi connectivity index (χ0n) is 14.6. The normalized spacial score (nSPS) is 10.8. The average Bonchev–Trinajstić information content (AvgIpc) is 2.65. The van der Waals surface area contributed by atoms with Crippen LogP contribution < -0.4 is 14.8 Å². The number of methoxy groups -OCH3 is 1. The summed E-state index contributed by atoms with van der Waals surface area (Å²) in [4.78, 5) is 0. The van der Waals surface area contributed by atoms with Crippen molar-refractivity contribution < 1.29 is 19.3 Å². The molecule has 0 radical (unpaired) electrons. The number of nitrogens with one attached hydrogen (secondary N) is 1. The molecule has 0 saturated heterocycles. The standard InChI is InChI=1S/C19H23BrClNO4/c1-24-18-10-15(12-22-6-8-25-9-7-23)16(20)11-19(18)26-13-14-4-2-3-5-17(14)21/h2-5,10-11,22-23H,6-9,12-13H2,1H3. The first-order chi connectivity index (χ1) is 12.7. The van der Waals surface area contributed by atoms with Crippen LogP contribution >= 0.6 is 27.5 Å². The molecule has 0 aliphatic rings. The van der Waals surface area contributed by atoms with Crippen molar-refractivity contribution in [2.24, 2.45) is 0 Å². The molecular weight excluding hydrogens is 422 g/mol. The van der Waals surface area contributed by atoms with Crippen molar-refractivity contribution in [3.8, 4) is 11.5 Å². The zero-order valence-corrected chi connectivity index (χ0v) is 17.0. The van der Waals surface area contributed by atoms with Crippen molar-refractivity contribution >= 4 is 27.5 Å². The molecule has 0 fully saturated rings. The molecule has 26 heavy (non-hydrogen) atoms. The SMILES string of the molecule is COc1cc(CNCCOCCO)c(Br)cc1OCc1ccccc1Cl. The summed E-state index contributed by atoms with van der Waals surface area (Å²) >= 11 is 9.75. The predicted octanol–water partition coefficient (Wildman–Crippen LogP) is 3.79. The van der Waals surface area contributed by atoms with Crippen LogP contribution in [-0.4, -0.2) is 38.6 Å². The van der Waals surface area contributed by atoms with Crippen LogP contribution in [-0.2, 0) is 17.9 Å². The van der Waals surface area contributed by atoms with E-state index >= 15 is 0 Å². The summed E-state index contributed by atoms with van der Waals surface area (Å²) in [6, 6.07) is 11.4. The first kappa shape index (κ1) is 21.0. The quantitative estimate of drug-likeness (QED) is 0.516. The Morgan fingerprint density at radius 2 is 1.92 bits per heavy atom. The average molecular weight is 445 g/mol. The molecule has 2 aromatic carbocycles. The van der Waals surface area contributed by atoms with Crippen molar-refractivity contribution in [2.75, 3.05) is 33.5 Å². The first-order valence-corrected chi connectivity index (χ1v) is 9.44. The number of hydrogen-bond donors (Lipinski definition) is 2. The number of aliphatic hydroxyl groups excluding tert-OH is 1. The van der Waals surface area contributed by atoms with Crippen molar-refractivity contribution in [3.05, 3.63) is 57.0 Å². The molecule has 0 unspecified atom stereocenters. The second-order valence-electron chi connectivity index (χ2n) is 5.49. The number of benzene rings is 2. The third-order valence-corrected chi connectivity index (χ3v) is 4.75. The molecule has 5 nitrogen and oxygen atoms in total. The van der Waals surface area contributed by atoms with Gasteiger partial charge >= 0.3 is 0 Å². The number of hydrogen-bond acceptors (Lipinski definition) is 5. The van der Waals surface area contributed by atoms with E-state index in [0.29, 0.717) is 49.4 Å². The Bertz CT molecular complexity index is 699. The van der Waals surface area contributed by atoms with Gasteiger partial charge in [-0.05, 0) is 23.8 Å². The molecule has 2 N–H and O–H groups in total. The van der Waals surface area contributed by atoms with Crippen LogP contribution in [0.25, 0.3) is 0 Å². The van der Waals surface area contributed by atoms with Gasteiger partial charge in [0, 0.05) is 28.1 Å². The van der Waals surface area contributed by atoms with E-state index in [-0.39, 0.29) is 6.61 Å². The summed E-state index contributed by atoms with van der Waals surface area (Å²) < 4.78 is 17.5. The molecular formula is C19H23BrClNO4. The Morgan fingerprint density at radius 1 is 1.12 bits per heavy atom. The molecule has 0 aliphatic carbocycles. The smallest absolute Gasteiger partial charge is 0.162 e. The highest BCUT2D eigenvalue weighted by atomic mass is 79.9. The minimum atomic E-state index is 0.0401. The van der Waals surface area contributed by atoms with Gasteiger partial charge in [-0.25, -0.2) is 0 Å². The van der Waals surface area contributed by atoms with Gasteiger partial charge in [-0.2, -0.15) is 0 Å². The van der Waals surface area contributed by atoms with Crippen molar-refractivity contribution in [3.63, 3.8) is 0 Å². The second kappa shape index (κ2) is 11.4. The molecule has 0 heterocycles. The molecule has 0 bridgehead atoms. The topological polar surface area (TPSA) is 60.0 Å². The fraction of sp³-hybridized carbons (Fsp3) is 0.368. The maximum atomic E-state index is 8.67. The van der Waals surface area contributed by atoms with Crippen LogP contribution in [0.4, 0.5) is 0 Å². The van der Waals surface area contributed by atoms with E-state index in [1.165, 1.54) is 0 Å². The maximum Gasteiger partial charge on any atom is 0.162 e. The molecule has 142 valence electrons. The first-order valence-electron chi connectivity index (χ1n) is 8.27. The third kappa shape index (κ3) is 6.45. The van der Waals surface area contributed by atoms with Gasteiger partial charge in [-0.1, -0.05) is 45.7 Å². The monoisotopic (exact) mass is 443 g/mol. The molecule has 0 saturated carbocycles. The molecule has 2 rings (SSSR count).